The summed E-state index contributed by atoms with van der Waals surface area (Å²) in [6.45, 7) is 13.2. The molecule has 0 N–H and O–H groups in total. The monoisotopic (exact) mass is 560 g/mol. The van der Waals surface area contributed by atoms with E-state index in [4.69, 9.17) is 14.2 Å². The molecule has 40 heavy (non-hydrogen) atoms. The van der Waals surface area contributed by atoms with Crippen LogP contribution >= 0.6 is 0 Å². The summed E-state index contributed by atoms with van der Waals surface area (Å²) in [6.07, 6.45) is 28.2. The van der Waals surface area contributed by atoms with Crippen LogP contribution in [0.25, 0.3) is 0 Å². The lowest BCUT2D eigenvalue weighted by molar-refractivity contribution is -0.167. The van der Waals surface area contributed by atoms with Gasteiger partial charge in [0, 0.05) is 19.4 Å². The molecule has 1 saturated heterocycles. The zero-order valence-corrected chi connectivity index (χ0v) is 27.4. The van der Waals surface area contributed by atoms with Crippen LogP contribution in [-0.4, -0.2) is 37.0 Å². The van der Waals surface area contributed by atoms with E-state index >= 15 is 0 Å². The highest BCUT2D eigenvalue weighted by molar-refractivity contribution is 5.69. The van der Waals surface area contributed by atoms with Gasteiger partial charge in [-0.3, -0.25) is 4.79 Å². The number of carbonyl (C=O) groups is 1. The summed E-state index contributed by atoms with van der Waals surface area (Å²) in [4.78, 5) is 12.7. The molecule has 1 aliphatic carbocycles. The Hall–Kier alpha value is -1.13. The molecule has 4 nitrogen and oxygen atoms in total. The first kappa shape index (κ1) is 35.1. The topological polar surface area (TPSA) is 48.1 Å². The van der Waals surface area contributed by atoms with Gasteiger partial charge < -0.3 is 14.2 Å². The number of hydrogen-bond acceptors (Lipinski definition) is 4. The van der Waals surface area contributed by atoms with E-state index in [2.05, 4.69) is 52.8 Å². The van der Waals surface area contributed by atoms with Gasteiger partial charge in [0.25, 0.3) is 0 Å². The number of allylic oxidation sites excluding steroid dienone is 3. The van der Waals surface area contributed by atoms with Crippen molar-refractivity contribution in [3.63, 3.8) is 0 Å². The molecule has 0 bridgehead atoms. The number of hydrogen-bond donors (Lipinski definition) is 0. The first-order valence-electron chi connectivity index (χ1n) is 16.9. The maximum Gasteiger partial charge on any atom is 0.306 e. The summed E-state index contributed by atoms with van der Waals surface area (Å²) in [6, 6.07) is 0. The first-order valence-corrected chi connectivity index (χ1v) is 16.9. The second kappa shape index (κ2) is 18.4. The van der Waals surface area contributed by atoms with E-state index in [1.54, 1.807) is 7.11 Å². The zero-order chi connectivity index (χ0) is 29.4. The standard InChI is InChI=1S/C36H64O4/c1-8-9-10-11-12-13-14-15-16-17-18-19-20-21-22-24-32(37)39-30(4)33(38-7)34(35(5)27-23-28-35)36(6)31(40-36)26-25-29(2)3/h15-16,25,30-31,33-34H,8-14,17-24,26-28H2,1-7H3. The van der Waals surface area contributed by atoms with Crippen LogP contribution in [-0.2, 0) is 19.0 Å². The molecular formula is C36H64O4. The van der Waals surface area contributed by atoms with Crippen molar-refractivity contribution >= 4 is 5.97 Å². The third kappa shape index (κ3) is 11.6. The van der Waals surface area contributed by atoms with Crippen LogP contribution in [0.15, 0.2) is 23.8 Å². The van der Waals surface area contributed by atoms with Gasteiger partial charge in [-0.15, -0.1) is 0 Å². The van der Waals surface area contributed by atoms with Crippen LogP contribution in [0.3, 0.4) is 0 Å². The van der Waals surface area contributed by atoms with Crippen molar-refractivity contribution in [1.82, 2.24) is 0 Å². The highest BCUT2D eigenvalue weighted by atomic mass is 16.6. The Morgan fingerprint density at radius 3 is 2.02 bits per heavy atom. The molecule has 0 aromatic rings. The van der Waals surface area contributed by atoms with Crippen LogP contribution in [0.1, 0.15) is 157 Å². The van der Waals surface area contributed by atoms with Crippen LogP contribution in [0.4, 0.5) is 0 Å². The second-order valence-corrected chi connectivity index (χ2v) is 13.5. The molecule has 0 amide bonds. The van der Waals surface area contributed by atoms with Crippen LogP contribution in [0.2, 0.25) is 0 Å². The summed E-state index contributed by atoms with van der Waals surface area (Å²) < 4.78 is 18.4. The summed E-state index contributed by atoms with van der Waals surface area (Å²) in [5.74, 6) is 0.115. The normalized spacial score (nSPS) is 23.8. The smallest absolute Gasteiger partial charge is 0.306 e. The number of esters is 1. The molecule has 5 atom stereocenters. The maximum absolute atomic E-state index is 12.7. The molecule has 0 radical (unpaired) electrons. The van der Waals surface area contributed by atoms with Gasteiger partial charge in [0.2, 0.25) is 0 Å². The molecule has 2 aliphatic rings. The summed E-state index contributed by atoms with van der Waals surface area (Å²) in [7, 11) is 1.77. The van der Waals surface area contributed by atoms with Gasteiger partial charge in [-0.1, -0.05) is 95.4 Å². The Morgan fingerprint density at radius 1 is 0.925 bits per heavy atom. The Labute approximate surface area is 248 Å². The van der Waals surface area contributed by atoms with Crippen molar-refractivity contribution in [2.45, 2.75) is 181 Å². The third-order valence-corrected chi connectivity index (χ3v) is 9.61. The van der Waals surface area contributed by atoms with Gasteiger partial charge in [0.15, 0.2) is 0 Å². The van der Waals surface area contributed by atoms with Crippen LogP contribution in [0.5, 0.6) is 0 Å². The fraction of sp³-hybridized carbons (Fsp3) is 0.861. The van der Waals surface area contributed by atoms with E-state index in [1.165, 1.54) is 95.5 Å². The lowest BCUT2D eigenvalue weighted by Crippen LogP contribution is -2.53. The number of methoxy groups -OCH3 is 1. The fourth-order valence-corrected chi connectivity index (χ4v) is 6.90. The molecule has 0 aromatic carbocycles. The van der Waals surface area contributed by atoms with Crippen molar-refractivity contribution in [1.29, 1.82) is 0 Å². The quantitative estimate of drug-likeness (QED) is 0.0540. The van der Waals surface area contributed by atoms with Crippen LogP contribution < -0.4 is 0 Å². The Kier molecular flexibility index (Phi) is 16.1. The number of epoxide rings is 1. The van der Waals surface area contributed by atoms with Gasteiger partial charge in [-0.2, -0.15) is 0 Å². The maximum atomic E-state index is 12.7. The van der Waals surface area contributed by atoms with Gasteiger partial charge in [-0.05, 0) is 84.5 Å². The van der Waals surface area contributed by atoms with E-state index in [1.807, 2.05) is 6.92 Å². The van der Waals surface area contributed by atoms with E-state index in [0.29, 0.717) is 6.42 Å². The molecule has 2 rings (SSSR count). The lowest BCUT2D eigenvalue weighted by atomic mass is 9.56. The predicted octanol–water partition coefficient (Wildman–Crippen LogP) is 10.3. The third-order valence-electron chi connectivity index (χ3n) is 9.61. The van der Waals surface area contributed by atoms with Crippen molar-refractivity contribution in [3.05, 3.63) is 23.8 Å². The average molecular weight is 561 g/mol. The molecule has 1 aliphatic heterocycles. The minimum absolute atomic E-state index is 0.0901. The van der Waals surface area contributed by atoms with Gasteiger partial charge in [-0.25, -0.2) is 0 Å². The first-order chi connectivity index (χ1) is 19.2. The molecule has 5 unspecified atom stereocenters. The zero-order valence-electron chi connectivity index (χ0n) is 27.4. The molecule has 4 heteroatoms. The van der Waals surface area contributed by atoms with Crippen LogP contribution in [0, 0.1) is 11.3 Å². The summed E-state index contributed by atoms with van der Waals surface area (Å²) >= 11 is 0. The highest BCUT2D eigenvalue weighted by Gasteiger charge is 2.65. The number of carbonyl (C=O) groups excluding carboxylic acids is 1. The van der Waals surface area contributed by atoms with E-state index < -0.39 is 0 Å². The van der Waals surface area contributed by atoms with E-state index in [-0.39, 0.29) is 41.2 Å². The van der Waals surface area contributed by atoms with Crippen molar-refractivity contribution < 1.29 is 19.0 Å². The van der Waals surface area contributed by atoms with Crippen molar-refractivity contribution in [2.24, 2.45) is 11.3 Å². The molecule has 0 aromatic heterocycles. The van der Waals surface area contributed by atoms with Crippen molar-refractivity contribution in [3.8, 4) is 0 Å². The number of ether oxygens (including phenoxy) is 3. The minimum atomic E-state index is -0.284. The lowest BCUT2D eigenvalue weighted by Gasteiger charge is -2.50. The molecule has 1 saturated carbocycles. The Balaban J connectivity index is 1.65. The highest BCUT2D eigenvalue weighted by Crippen LogP contribution is 2.60. The Morgan fingerprint density at radius 2 is 1.50 bits per heavy atom. The average Bonchev–Trinajstić information content (AvgIpc) is 3.56. The van der Waals surface area contributed by atoms with E-state index in [9.17, 15) is 4.79 Å². The largest absolute Gasteiger partial charge is 0.460 e. The molecule has 1 heterocycles. The Bertz CT molecular complexity index is 763. The van der Waals surface area contributed by atoms with E-state index in [0.717, 1.165) is 19.3 Å². The molecular weight excluding hydrogens is 496 g/mol. The molecule has 2 fully saturated rings. The second-order valence-electron chi connectivity index (χ2n) is 13.5. The summed E-state index contributed by atoms with van der Waals surface area (Å²) in [5.41, 5.74) is 1.26. The summed E-state index contributed by atoms with van der Waals surface area (Å²) in [5, 5.41) is 0. The number of unbranched alkanes of at least 4 members (excludes halogenated alkanes) is 11. The molecule has 0 spiro atoms. The van der Waals surface area contributed by atoms with Gasteiger partial charge in [0.05, 0.1) is 17.8 Å². The SMILES string of the molecule is CCCCCCCCC=CCCCCCCCC(=O)OC(C)C(OC)C(C1(C)CCC1)C1(C)OC1CC=C(C)C. The fourth-order valence-electron chi connectivity index (χ4n) is 6.90. The molecule has 232 valence electrons. The number of rotatable bonds is 23. The minimum Gasteiger partial charge on any atom is -0.460 e. The van der Waals surface area contributed by atoms with Gasteiger partial charge >= 0.3 is 5.97 Å². The van der Waals surface area contributed by atoms with Gasteiger partial charge in [0.1, 0.15) is 6.10 Å². The van der Waals surface area contributed by atoms with Crippen molar-refractivity contribution in [2.75, 3.05) is 7.11 Å². The predicted molar refractivity (Wildman–Crippen MR) is 169 cm³/mol.